The highest BCUT2D eigenvalue weighted by Gasteiger charge is 2.17. The summed E-state index contributed by atoms with van der Waals surface area (Å²) in [6, 6.07) is 9.03. The third-order valence-corrected chi connectivity index (χ3v) is 5.59. The molecule has 1 aromatic carbocycles. The average molecular weight is 301 g/mol. The lowest BCUT2D eigenvalue weighted by atomic mass is 9.99. The van der Waals surface area contributed by atoms with E-state index in [-0.39, 0.29) is 0 Å². The number of thiophene rings is 1. The predicted octanol–water partition coefficient (Wildman–Crippen LogP) is 5.12. The molecule has 1 aliphatic rings. The van der Waals surface area contributed by atoms with Crippen LogP contribution in [0.25, 0.3) is 0 Å². The van der Waals surface area contributed by atoms with Crippen LogP contribution in [0.5, 0.6) is 5.75 Å². The van der Waals surface area contributed by atoms with Gasteiger partial charge in [0.25, 0.3) is 0 Å². The van der Waals surface area contributed by atoms with Crippen LogP contribution in [0.4, 0.5) is 5.69 Å². The van der Waals surface area contributed by atoms with Gasteiger partial charge >= 0.3 is 0 Å². The molecule has 1 atom stereocenters. The molecule has 2 aromatic rings. The van der Waals surface area contributed by atoms with Gasteiger partial charge in [0.05, 0.1) is 18.8 Å². The molecular weight excluding hydrogens is 278 g/mol. The Morgan fingerprint density at radius 1 is 1.19 bits per heavy atom. The number of ether oxygens (including phenoxy) is 1. The van der Waals surface area contributed by atoms with Crippen LogP contribution in [-0.4, -0.2) is 7.11 Å². The van der Waals surface area contributed by atoms with Crippen molar-refractivity contribution in [2.45, 2.75) is 45.6 Å². The first-order chi connectivity index (χ1) is 10.2. The normalized spacial score (nSPS) is 15.4. The molecule has 0 aliphatic heterocycles. The van der Waals surface area contributed by atoms with Gasteiger partial charge in [-0.3, -0.25) is 0 Å². The van der Waals surface area contributed by atoms with Gasteiger partial charge in [0.1, 0.15) is 5.75 Å². The summed E-state index contributed by atoms with van der Waals surface area (Å²) in [5.74, 6) is 0.920. The average Bonchev–Trinajstić information content (AvgIpc) is 2.93. The monoisotopic (exact) mass is 301 g/mol. The van der Waals surface area contributed by atoms with E-state index in [0.717, 1.165) is 11.4 Å². The van der Waals surface area contributed by atoms with Crippen LogP contribution in [0.3, 0.4) is 0 Å². The zero-order valence-corrected chi connectivity index (χ0v) is 13.8. The fourth-order valence-corrected chi connectivity index (χ4v) is 4.21. The van der Waals surface area contributed by atoms with E-state index in [9.17, 15) is 0 Å². The first kappa shape index (κ1) is 14.5. The number of anilines is 1. The van der Waals surface area contributed by atoms with Crippen LogP contribution in [0.1, 0.15) is 46.7 Å². The first-order valence-electron chi connectivity index (χ1n) is 7.70. The molecule has 1 N–H and O–H groups in total. The molecule has 21 heavy (non-hydrogen) atoms. The quantitative estimate of drug-likeness (QED) is 0.846. The number of methoxy groups -OCH3 is 1. The molecule has 0 bridgehead atoms. The minimum atomic E-state index is 0.317. The SMILES string of the molecule is COc1cc(C)ccc1NC(C)c1cc2c(s1)CCCC2. The molecule has 3 heteroatoms. The van der Waals surface area contributed by atoms with Crippen LogP contribution < -0.4 is 10.1 Å². The summed E-state index contributed by atoms with van der Waals surface area (Å²) >= 11 is 1.98. The molecule has 112 valence electrons. The number of benzene rings is 1. The van der Waals surface area contributed by atoms with Crippen molar-refractivity contribution in [3.8, 4) is 5.75 Å². The molecule has 1 aliphatic carbocycles. The van der Waals surface area contributed by atoms with E-state index < -0.39 is 0 Å². The van der Waals surface area contributed by atoms with Gasteiger partial charge in [-0.25, -0.2) is 0 Å². The summed E-state index contributed by atoms with van der Waals surface area (Å²) in [6.07, 6.45) is 5.21. The largest absolute Gasteiger partial charge is 0.495 e. The zero-order valence-electron chi connectivity index (χ0n) is 13.0. The van der Waals surface area contributed by atoms with Gasteiger partial charge in [-0.15, -0.1) is 11.3 Å². The molecule has 0 saturated carbocycles. The van der Waals surface area contributed by atoms with Gasteiger partial charge in [0.2, 0.25) is 0 Å². The van der Waals surface area contributed by atoms with E-state index in [4.69, 9.17) is 4.74 Å². The Bertz CT molecular complexity index is 609. The van der Waals surface area contributed by atoms with E-state index >= 15 is 0 Å². The summed E-state index contributed by atoms with van der Waals surface area (Å²) < 4.78 is 5.49. The van der Waals surface area contributed by atoms with Gasteiger partial charge in [0.15, 0.2) is 0 Å². The smallest absolute Gasteiger partial charge is 0.142 e. The van der Waals surface area contributed by atoms with E-state index in [1.807, 2.05) is 11.3 Å². The van der Waals surface area contributed by atoms with Crippen molar-refractivity contribution < 1.29 is 4.74 Å². The lowest BCUT2D eigenvalue weighted by Crippen LogP contribution is -2.06. The van der Waals surface area contributed by atoms with Crippen LogP contribution in [0.2, 0.25) is 0 Å². The molecule has 0 radical (unpaired) electrons. The third kappa shape index (κ3) is 3.08. The van der Waals surface area contributed by atoms with Gasteiger partial charge in [0, 0.05) is 9.75 Å². The summed E-state index contributed by atoms with van der Waals surface area (Å²) in [5, 5.41) is 3.60. The van der Waals surface area contributed by atoms with Crippen molar-refractivity contribution in [2.75, 3.05) is 12.4 Å². The number of hydrogen-bond donors (Lipinski definition) is 1. The number of aryl methyl sites for hydroxylation is 3. The highest BCUT2D eigenvalue weighted by atomic mass is 32.1. The Balaban J connectivity index is 1.80. The molecule has 2 nitrogen and oxygen atoms in total. The Kier molecular flexibility index (Phi) is 4.20. The molecule has 1 heterocycles. The standard InChI is InChI=1S/C18H23NOS/c1-12-8-9-15(16(10-12)20-3)19-13(2)18-11-14-6-4-5-7-17(14)21-18/h8-11,13,19H,4-7H2,1-3H3. The van der Waals surface area contributed by atoms with Crippen molar-refractivity contribution in [1.82, 2.24) is 0 Å². The number of fused-ring (bicyclic) bond motifs is 1. The fourth-order valence-electron chi connectivity index (χ4n) is 2.95. The lowest BCUT2D eigenvalue weighted by molar-refractivity contribution is 0.416. The molecule has 0 saturated heterocycles. The summed E-state index contributed by atoms with van der Waals surface area (Å²) in [5.41, 5.74) is 3.87. The van der Waals surface area contributed by atoms with E-state index in [0.29, 0.717) is 6.04 Å². The molecule has 0 amide bonds. The second kappa shape index (κ2) is 6.10. The molecule has 1 unspecified atom stereocenters. The minimum absolute atomic E-state index is 0.317. The maximum Gasteiger partial charge on any atom is 0.142 e. The van der Waals surface area contributed by atoms with Gasteiger partial charge in [-0.2, -0.15) is 0 Å². The van der Waals surface area contributed by atoms with Crippen molar-refractivity contribution in [3.63, 3.8) is 0 Å². The van der Waals surface area contributed by atoms with Crippen molar-refractivity contribution in [1.29, 1.82) is 0 Å². The second-order valence-electron chi connectivity index (χ2n) is 5.87. The van der Waals surface area contributed by atoms with Crippen LogP contribution in [-0.2, 0) is 12.8 Å². The highest BCUT2D eigenvalue weighted by Crippen LogP contribution is 2.35. The highest BCUT2D eigenvalue weighted by molar-refractivity contribution is 7.12. The topological polar surface area (TPSA) is 21.3 Å². The van der Waals surface area contributed by atoms with Crippen molar-refractivity contribution >= 4 is 17.0 Å². The Labute approximate surface area is 131 Å². The van der Waals surface area contributed by atoms with Crippen LogP contribution in [0.15, 0.2) is 24.3 Å². The molecular formula is C18H23NOS. The Morgan fingerprint density at radius 3 is 2.76 bits per heavy atom. The second-order valence-corrected chi connectivity index (χ2v) is 7.04. The summed E-state index contributed by atoms with van der Waals surface area (Å²) in [4.78, 5) is 3.03. The maximum atomic E-state index is 5.49. The van der Waals surface area contributed by atoms with Crippen LogP contribution in [0, 0.1) is 6.92 Å². The van der Waals surface area contributed by atoms with Crippen molar-refractivity contribution in [3.05, 3.63) is 45.1 Å². The van der Waals surface area contributed by atoms with Gasteiger partial charge in [-0.1, -0.05) is 6.07 Å². The number of rotatable bonds is 4. The number of hydrogen-bond acceptors (Lipinski definition) is 3. The third-order valence-electron chi connectivity index (χ3n) is 4.17. The molecule has 0 fully saturated rings. The van der Waals surface area contributed by atoms with Crippen molar-refractivity contribution in [2.24, 2.45) is 0 Å². The predicted molar refractivity (Wildman–Crippen MR) is 90.7 cm³/mol. The maximum absolute atomic E-state index is 5.49. The molecule has 1 aromatic heterocycles. The fraction of sp³-hybridized carbons (Fsp3) is 0.444. The number of nitrogens with one attached hydrogen (secondary N) is 1. The summed E-state index contributed by atoms with van der Waals surface area (Å²) in [6.45, 7) is 4.32. The zero-order chi connectivity index (χ0) is 14.8. The first-order valence-corrected chi connectivity index (χ1v) is 8.51. The Hall–Kier alpha value is -1.48. The summed E-state index contributed by atoms with van der Waals surface area (Å²) in [7, 11) is 1.73. The Morgan fingerprint density at radius 2 is 2.00 bits per heavy atom. The van der Waals surface area contributed by atoms with E-state index in [2.05, 4.69) is 43.4 Å². The lowest BCUT2D eigenvalue weighted by Gasteiger charge is -2.17. The van der Waals surface area contributed by atoms with Crippen LogP contribution >= 0.6 is 11.3 Å². The molecule has 0 spiro atoms. The minimum Gasteiger partial charge on any atom is -0.495 e. The van der Waals surface area contributed by atoms with E-state index in [1.54, 1.807) is 17.6 Å². The van der Waals surface area contributed by atoms with Gasteiger partial charge in [-0.05, 0) is 68.9 Å². The molecule has 3 rings (SSSR count). The van der Waals surface area contributed by atoms with E-state index in [1.165, 1.54) is 36.1 Å². The van der Waals surface area contributed by atoms with Gasteiger partial charge < -0.3 is 10.1 Å².